The van der Waals surface area contributed by atoms with Crippen molar-refractivity contribution in [1.82, 2.24) is 5.32 Å². The maximum absolute atomic E-state index is 12.0. The van der Waals surface area contributed by atoms with E-state index in [0.29, 0.717) is 6.61 Å². The number of amides is 1. The van der Waals surface area contributed by atoms with Crippen molar-refractivity contribution >= 4 is 17.4 Å². The Hall–Kier alpha value is -2.10. The second-order valence-electron chi connectivity index (χ2n) is 4.54. The van der Waals surface area contributed by atoms with Crippen molar-refractivity contribution in [2.75, 3.05) is 6.61 Å². The van der Waals surface area contributed by atoms with Gasteiger partial charge in [-0.05, 0) is 25.0 Å². The summed E-state index contributed by atoms with van der Waals surface area (Å²) in [4.78, 5) is 23.4. The summed E-state index contributed by atoms with van der Waals surface area (Å²) in [5.74, 6) is -1.02. The summed E-state index contributed by atoms with van der Waals surface area (Å²) in [6.45, 7) is 4.08. The third kappa shape index (κ3) is 3.02. The van der Waals surface area contributed by atoms with Crippen LogP contribution in [0.2, 0.25) is 0 Å². The van der Waals surface area contributed by atoms with E-state index >= 15 is 0 Å². The minimum absolute atomic E-state index is 0.137. The molecule has 1 aliphatic heterocycles. The third-order valence-electron chi connectivity index (χ3n) is 3.11. The molecule has 1 unspecified atom stereocenters. The normalized spacial score (nSPS) is 18.5. The van der Waals surface area contributed by atoms with Crippen LogP contribution in [0.15, 0.2) is 30.5 Å². The molecule has 0 saturated heterocycles. The van der Waals surface area contributed by atoms with Crippen LogP contribution in [-0.4, -0.2) is 18.5 Å². The van der Waals surface area contributed by atoms with Crippen molar-refractivity contribution in [2.24, 2.45) is 5.92 Å². The van der Waals surface area contributed by atoms with Gasteiger partial charge in [0.25, 0.3) is 0 Å². The van der Waals surface area contributed by atoms with Crippen molar-refractivity contribution in [3.63, 3.8) is 0 Å². The second kappa shape index (κ2) is 5.69. The monoisotopic (exact) mass is 259 g/mol. The van der Waals surface area contributed by atoms with Crippen molar-refractivity contribution < 1.29 is 14.3 Å². The third-order valence-corrected chi connectivity index (χ3v) is 3.11. The highest BCUT2D eigenvalue weighted by atomic mass is 16.5. The summed E-state index contributed by atoms with van der Waals surface area (Å²) in [7, 11) is 0. The number of esters is 1. The Bertz CT molecular complexity index is 517. The number of carbonyl (C=O) groups is 2. The Morgan fingerprint density at radius 2 is 2.05 bits per heavy atom. The summed E-state index contributed by atoms with van der Waals surface area (Å²) < 4.78 is 5.05. The molecule has 1 amide bonds. The van der Waals surface area contributed by atoms with Crippen molar-refractivity contribution in [3.05, 3.63) is 41.6 Å². The van der Waals surface area contributed by atoms with E-state index in [4.69, 9.17) is 4.74 Å². The minimum atomic E-state index is -0.517. The van der Waals surface area contributed by atoms with E-state index in [9.17, 15) is 9.59 Å². The van der Waals surface area contributed by atoms with E-state index in [-0.39, 0.29) is 18.3 Å². The predicted molar refractivity (Wildman–Crippen MR) is 72.0 cm³/mol. The van der Waals surface area contributed by atoms with Gasteiger partial charge in [0.05, 0.1) is 12.5 Å². The van der Waals surface area contributed by atoms with Gasteiger partial charge in [0.2, 0.25) is 5.91 Å². The highest BCUT2D eigenvalue weighted by Gasteiger charge is 2.30. The molecule has 19 heavy (non-hydrogen) atoms. The number of carbonyl (C=O) groups excluding carboxylic acids is 2. The van der Waals surface area contributed by atoms with E-state index in [1.165, 1.54) is 0 Å². The molecule has 0 aliphatic carbocycles. The maximum Gasteiger partial charge on any atom is 0.314 e. The van der Waals surface area contributed by atoms with Gasteiger partial charge in [-0.15, -0.1) is 0 Å². The Labute approximate surface area is 112 Å². The molecule has 0 radical (unpaired) electrons. The lowest BCUT2D eigenvalue weighted by molar-refractivity contribution is -0.147. The standard InChI is InChI=1S/C15H17NO3/c1-3-19-15(18)12-8-14(17)16-9-13(12)11-6-4-10(2)5-7-11/h4-7,9,12H,3,8H2,1-2H3,(H,16,17). The van der Waals surface area contributed by atoms with Crippen LogP contribution in [0.1, 0.15) is 24.5 Å². The van der Waals surface area contributed by atoms with E-state index in [1.807, 2.05) is 31.2 Å². The highest BCUT2D eigenvalue weighted by molar-refractivity contribution is 5.96. The van der Waals surface area contributed by atoms with Gasteiger partial charge in [0, 0.05) is 12.6 Å². The van der Waals surface area contributed by atoms with E-state index in [1.54, 1.807) is 13.1 Å². The van der Waals surface area contributed by atoms with Gasteiger partial charge in [-0.3, -0.25) is 9.59 Å². The molecule has 0 aromatic heterocycles. The average Bonchev–Trinajstić information content (AvgIpc) is 2.40. The number of ether oxygens (including phenoxy) is 1. The van der Waals surface area contributed by atoms with Gasteiger partial charge >= 0.3 is 5.97 Å². The molecule has 0 spiro atoms. The van der Waals surface area contributed by atoms with Crippen LogP contribution in [-0.2, 0) is 14.3 Å². The second-order valence-corrected chi connectivity index (χ2v) is 4.54. The fourth-order valence-corrected chi connectivity index (χ4v) is 2.10. The topological polar surface area (TPSA) is 55.4 Å². The average molecular weight is 259 g/mol. The summed E-state index contributed by atoms with van der Waals surface area (Å²) in [6, 6.07) is 7.86. The number of nitrogens with one attached hydrogen (secondary N) is 1. The van der Waals surface area contributed by atoms with Gasteiger partial charge in [0.1, 0.15) is 0 Å². The summed E-state index contributed by atoms with van der Waals surface area (Å²) in [5, 5.41) is 2.66. The largest absolute Gasteiger partial charge is 0.466 e. The molecule has 4 heteroatoms. The zero-order valence-corrected chi connectivity index (χ0v) is 11.1. The van der Waals surface area contributed by atoms with Gasteiger partial charge in [0.15, 0.2) is 0 Å². The molecule has 0 fully saturated rings. The lowest BCUT2D eigenvalue weighted by Gasteiger charge is -2.22. The van der Waals surface area contributed by atoms with Crippen LogP contribution in [0.4, 0.5) is 0 Å². The van der Waals surface area contributed by atoms with E-state index < -0.39 is 5.92 Å². The van der Waals surface area contributed by atoms with Crippen LogP contribution in [0.25, 0.3) is 5.57 Å². The summed E-state index contributed by atoms with van der Waals surface area (Å²) >= 11 is 0. The zero-order chi connectivity index (χ0) is 13.8. The lowest BCUT2D eigenvalue weighted by atomic mass is 9.88. The molecule has 4 nitrogen and oxygen atoms in total. The molecule has 0 saturated carbocycles. The maximum atomic E-state index is 12.0. The molecule has 1 aromatic carbocycles. The summed E-state index contributed by atoms with van der Waals surface area (Å²) in [6.07, 6.45) is 1.75. The van der Waals surface area contributed by atoms with Crippen molar-refractivity contribution in [2.45, 2.75) is 20.3 Å². The van der Waals surface area contributed by atoms with Crippen LogP contribution >= 0.6 is 0 Å². The molecule has 100 valence electrons. The van der Waals surface area contributed by atoms with Gasteiger partial charge < -0.3 is 10.1 Å². The van der Waals surface area contributed by atoms with Gasteiger partial charge in [-0.1, -0.05) is 29.8 Å². The molecular formula is C15H17NO3. The Balaban J connectivity index is 2.31. The number of aryl methyl sites for hydroxylation is 1. The SMILES string of the molecule is CCOC(=O)C1CC(=O)NC=C1c1ccc(C)cc1. The first-order chi connectivity index (χ1) is 9.11. The Kier molecular flexibility index (Phi) is 4.00. The number of benzene rings is 1. The molecule has 1 N–H and O–H groups in total. The molecule has 1 atom stereocenters. The van der Waals surface area contributed by atoms with E-state index in [0.717, 1.165) is 16.7 Å². The number of rotatable bonds is 3. The summed E-state index contributed by atoms with van der Waals surface area (Å²) in [5.41, 5.74) is 2.89. The fourth-order valence-electron chi connectivity index (χ4n) is 2.10. The first kappa shape index (κ1) is 13.3. The van der Waals surface area contributed by atoms with Crippen molar-refractivity contribution in [1.29, 1.82) is 0 Å². The Morgan fingerprint density at radius 1 is 1.37 bits per heavy atom. The lowest BCUT2D eigenvalue weighted by Crippen LogP contribution is -2.32. The quantitative estimate of drug-likeness (QED) is 0.845. The van der Waals surface area contributed by atoms with Crippen LogP contribution < -0.4 is 5.32 Å². The van der Waals surface area contributed by atoms with E-state index in [2.05, 4.69) is 5.32 Å². The van der Waals surface area contributed by atoms with Crippen LogP contribution in [0, 0.1) is 12.8 Å². The first-order valence-corrected chi connectivity index (χ1v) is 6.35. The molecule has 1 aliphatic rings. The van der Waals surface area contributed by atoms with Crippen LogP contribution in [0.3, 0.4) is 0 Å². The van der Waals surface area contributed by atoms with Gasteiger partial charge in [-0.2, -0.15) is 0 Å². The van der Waals surface area contributed by atoms with Gasteiger partial charge in [-0.25, -0.2) is 0 Å². The molecular weight excluding hydrogens is 242 g/mol. The smallest absolute Gasteiger partial charge is 0.314 e. The van der Waals surface area contributed by atoms with Crippen molar-refractivity contribution in [3.8, 4) is 0 Å². The predicted octanol–water partition coefficient (Wildman–Crippen LogP) is 2.04. The molecule has 1 aromatic rings. The number of hydrogen-bond acceptors (Lipinski definition) is 3. The minimum Gasteiger partial charge on any atom is -0.466 e. The fraction of sp³-hybridized carbons (Fsp3) is 0.333. The Morgan fingerprint density at radius 3 is 2.68 bits per heavy atom. The molecule has 1 heterocycles. The zero-order valence-electron chi connectivity index (χ0n) is 11.1. The first-order valence-electron chi connectivity index (χ1n) is 6.35. The molecule has 0 bridgehead atoms. The van der Waals surface area contributed by atoms with Crippen LogP contribution in [0.5, 0.6) is 0 Å². The molecule has 2 rings (SSSR count). The number of hydrogen-bond donors (Lipinski definition) is 1. The highest BCUT2D eigenvalue weighted by Crippen LogP contribution is 2.29.